The van der Waals surface area contributed by atoms with Crippen molar-refractivity contribution in [3.8, 4) is 5.75 Å². The highest BCUT2D eigenvalue weighted by Crippen LogP contribution is 2.28. The highest BCUT2D eigenvalue weighted by atomic mass is 16.5. The number of nitrogens with zero attached hydrogens (tertiary/aromatic N) is 2. The van der Waals surface area contributed by atoms with Gasteiger partial charge in [0.1, 0.15) is 0 Å². The van der Waals surface area contributed by atoms with E-state index < -0.39 is 0 Å². The van der Waals surface area contributed by atoms with Gasteiger partial charge in [0.25, 0.3) is 0 Å². The third-order valence-electron chi connectivity index (χ3n) is 3.04. The molecule has 0 saturated carbocycles. The largest absolute Gasteiger partial charge is 0.493 e. The summed E-state index contributed by atoms with van der Waals surface area (Å²) in [6.07, 6.45) is 2.76. The average molecular weight is 255 g/mol. The Hall–Kier alpha value is -1.07. The Labute approximate surface area is 109 Å². The maximum Gasteiger partial charge on any atom is 0.161 e. The monoisotopic (exact) mass is 255 g/mol. The van der Waals surface area contributed by atoms with E-state index >= 15 is 0 Å². The molecule has 0 bridgehead atoms. The predicted molar refractivity (Wildman–Crippen MR) is 71.8 cm³/mol. The van der Waals surface area contributed by atoms with Gasteiger partial charge in [0, 0.05) is 20.8 Å². The number of rotatable bonds is 8. The zero-order chi connectivity index (χ0) is 13.5. The number of aromatic nitrogens is 2. The summed E-state index contributed by atoms with van der Waals surface area (Å²) < 4.78 is 12.5. The number of ether oxygens (including phenoxy) is 2. The van der Waals surface area contributed by atoms with Crippen LogP contribution in [0.1, 0.15) is 32.0 Å². The molecule has 18 heavy (non-hydrogen) atoms. The molecule has 0 fully saturated rings. The SMILES string of the molecule is CCNC(CC(C)COC)c1c(OC)cnn1C. The van der Waals surface area contributed by atoms with Gasteiger partial charge in [-0.15, -0.1) is 0 Å². The van der Waals surface area contributed by atoms with Crippen LogP contribution in [-0.2, 0) is 11.8 Å². The van der Waals surface area contributed by atoms with E-state index in [0.29, 0.717) is 5.92 Å². The molecule has 2 unspecified atom stereocenters. The van der Waals surface area contributed by atoms with Crippen LogP contribution in [-0.4, -0.2) is 37.2 Å². The smallest absolute Gasteiger partial charge is 0.161 e. The van der Waals surface area contributed by atoms with Gasteiger partial charge in [0.05, 0.1) is 25.0 Å². The topological polar surface area (TPSA) is 48.3 Å². The van der Waals surface area contributed by atoms with Gasteiger partial charge >= 0.3 is 0 Å². The molecule has 0 aliphatic rings. The Kier molecular flexibility index (Phi) is 6.15. The van der Waals surface area contributed by atoms with Crippen LogP contribution in [0.4, 0.5) is 0 Å². The van der Waals surface area contributed by atoms with Crippen LogP contribution in [0.15, 0.2) is 6.20 Å². The number of methoxy groups -OCH3 is 2. The summed E-state index contributed by atoms with van der Waals surface area (Å²) in [5.41, 5.74) is 1.10. The second-order valence-electron chi connectivity index (χ2n) is 4.63. The fraction of sp³-hybridized carbons (Fsp3) is 0.769. The van der Waals surface area contributed by atoms with Gasteiger partial charge < -0.3 is 14.8 Å². The van der Waals surface area contributed by atoms with E-state index in [9.17, 15) is 0 Å². The molecule has 2 atom stereocenters. The fourth-order valence-corrected chi connectivity index (χ4v) is 2.27. The Bertz CT molecular complexity index is 352. The maximum absolute atomic E-state index is 5.38. The third kappa shape index (κ3) is 3.71. The van der Waals surface area contributed by atoms with Gasteiger partial charge in [-0.05, 0) is 18.9 Å². The lowest BCUT2D eigenvalue weighted by atomic mass is 9.99. The lowest BCUT2D eigenvalue weighted by Gasteiger charge is -2.22. The molecule has 1 N–H and O–H groups in total. The third-order valence-corrected chi connectivity index (χ3v) is 3.04. The van der Waals surface area contributed by atoms with Crippen LogP contribution in [0.3, 0.4) is 0 Å². The molecule has 0 spiro atoms. The van der Waals surface area contributed by atoms with Crippen molar-refractivity contribution in [2.45, 2.75) is 26.3 Å². The van der Waals surface area contributed by atoms with E-state index in [0.717, 1.165) is 31.0 Å². The van der Waals surface area contributed by atoms with E-state index in [2.05, 4.69) is 24.3 Å². The lowest BCUT2D eigenvalue weighted by molar-refractivity contribution is 0.148. The zero-order valence-corrected chi connectivity index (χ0v) is 12.1. The molecule has 1 aromatic rings. The molecule has 0 aromatic carbocycles. The molecule has 104 valence electrons. The molecule has 0 saturated heterocycles. The Balaban J connectivity index is 2.85. The molecule has 5 nitrogen and oxygen atoms in total. The Morgan fingerprint density at radius 3 is 2.72 bits per heavy atom. The van der Waals surface area contributed by atoms with E-state index in [1.54, 1.807) is 20.4 Å². The molecule has 1 aromatic heterocycles. The molecule has 0 aliphatic carbocycles. The zero-order valence-electron chi connectivity index (χ0n) is 12.1. The van der Waals surface area contributed by atoms with Crippen molar-refractivity contribution in [2.24, 2.45) is 13.0 Å². The van der Waals surface area contributed by atoms with Crippen LogP contribution in [0.25, 0.3) is 0 Å². The Morgan fingerprint density at radius 1 is 1.44 bits per heavy atom. The van der Waals surface area contributed by atoms with Gasteiger partial charge in [0.15, 0.2) is 5.75 Å². The van der Waals surface area contributed by atoms with Crippen LogP contribution in [0.5, 0.6) is 5.75 Å². The number of hydrogen-bond donors (Lipinski definition) is 1. The molecular weight excluding hydrogens is 230 g/mol. The summed E-state index contributed by atoms with van der Waals surface area (Å²) >= 11 is 0. The predicted octanol–water partition coefficient (Wildman–Crippen LogP) is 1.75. The summed E-state index contributed by atoms with van der Waals surface area (Å²) in [5, 5.41) is 7.76. The minimum Gasteiger partial charge on any atom is -0.493 e. The quantitative estimate of drug-likeness (QED) is 0.769. The molecule has 0 radical (unpaired) electrons. The minimum absolute atomic E-state index is 0.239. The second-order valence-corrected chi connectivity index (χ2v) is 4.63. The molecular formula is C13H25N3O2. The Morgan fingerprint density at radius 2 is 2.17 bits per heavy atom. The number of aryl methyl sites for hydroxylation is 1. The summed E-state index contributed by atoms with van der Waals surface area (Å²) in [6, 6.07) is 0.239. The highest BCUT2D eigenvalue weighted by molar-refractivity contribution is 5.28. The molecule has 5 heteroatoms. The molecule has 1 heterocycles. The molecule has 0 amide bonds. The van der Waals surface area contributed by atoms with Crippen molar-refractivity contribution in [3.63, 3.8) is 0 Å². The summed E-state index contributed by atoms with van der Waals surface area (Å²) in [4.78, 5) is 0. The van der Waals surface area contributed by atoms with Crippen molar-refractivity contribution in [1.82, 2.24) is 15.1 Å². The van der Waals surface area contributed by atoms with E-state index in [-0.39, 0.29) is 6.04 Å². The van der Waals surface area contributed by atoms with Gasteiger partial charge in [-0.25, -0.2) is 0 Å². The first-order valence-electron chi connectivity index (χ1n) is 6.42. The minimum atomic E-state index is 0.239. The van der Waals surface area contributed by atoms with E-state index in [1.807, 2.05) is 11.7 Å². The lowest BCUT2D eigenvalue weighted by Crippen LogP contribution is -2.26. The van der Waals surface area contributed by atoms with Crippen LogP contribution >= 0.6 is 0 Å². The highest BCUT2D eigenvalue weighted by Gasteiger charge is 2.22. The first kappa shape index (κ1) is 15.0. The second kappa shape index (κ2) is 7.38. The van der Waals surface area contributed by atoms with Gasteiger partial charge in [0.2, 0.25) is 0 Å². The average Bonchev–Trinajstić information content (AvgIpc) is 2.70. The molecule has 0 aliphatic heterocycles. The first-order chi connectivity index (χ1) is 8.63. The number of nitrogens with one attached hydrogen (secondary N) is 1. The molecule has 1 rings (SSSR count). The van der Waals surface area contributed by atoms with Crippen molar-refractivity contribution in [3.05, 3.63) is 11.9 Å². The van der Waals surface area contributed by atoms with E-state index in [4.69, 9.17) is 9.47 Å². The van der Waals surface area contributed by atoms with Crippen LogP contribution < -0.4 is 10.1 Å². The van der Waals surface area contributed by atoms with E-state index in [1.165, 1.54) is 0 Å². The summed E-state index contributed by atoms with van der Waals surface area (Å²) in [5.74, 6) is 1.33. The van der Waals surface area contributed by atoms with Gasteiger partial charge in [-0.1, -0.05) is 13.8 Å². The van der Waals surface area contributed by atoms with Crippen molar-refractivity contribution in [2.75, 3.05) is 27.4 Å². The van der Waals surface area contributed by atoms with Crippen molar-refractivity contribution >= 4 is 0 Å². The standard InChI is InChI=1S/C13H25N3O2/c1-6-14-11(7-10(2)9-17-4)13-12(18-5)8-15-16(13)3/h8,10-11,14H,6-7,9H2,1-5H3. The normalized spacial score (nSPS) is 14.5. The van der Waals surface area contributed by atoms with Crippen molar-refractivity contribution in [1.29, 1.82) is 0 Å². The van der Waals surface area contributed by atoms with Crippen molar-refractivity contribution < 1.29 is 9.47 Å². The summed E-state index contributed by atoms with van der Waals surface area (Å²) in [6.45, 7) is 5.98. The maximum atomic E-state index is 5.38. The van der Waals surface area contributed by atoms with Gasteiger partial charge in [-0.2, -0.15) is 5.10 Å². The number of hydrogen-bond acceptors (Lipinski definition) is 4. The fourth-order valence-electron chi connectivity index (χ4n) is 2.27. The van der Waals surface area contributed by atoms with Crippen LogP contribution in [0, 0.1) is 5.92 Å². The first-order valence-corrected chi connectivity index (χ1v) is 6.42. The van der Waals surface area contributed by atoms with Gasteiger partial charge in [-0.3, -0.25) is 4.68 Å². The summed E-state index contributed by atoms with van der Waals surface area (Å²) in [7, 11) is 5.37. The van der Waals surface area contributed by atoms with Crippen LogP contribution in [0.2, 0.25) is 0 Å².